The van der Waals surface area contributed by atoms with Gasteiger partial charge in [0.05, 0.1) is 23.7 Å². The molecule has 22 heavy (non-hydrogen) atoms. The number of morpholine rings is 1. The highest BCUT2D eigenvalue weighted by Gasteiger charge is 2.25. The highest BCUT2D eigenvalue weighted by Crippen LogP contribution is 2.13. The number of nitrogens with zero attached hydrogens (tertiary/aromatic N) is 1. The largest absolute Gasteiger partial charge is 0.372 e. The molecular weight excluding hydrogens is 300 g/mol. The molecule has 2 rings (SSSR count). The number of hydrogen-bond donors (Lipinski definition) is 1. The molecule has 0 aliphatic carbocycles. The van der Waals surface area contributed by atoms with E-state index < -0.39 is 0 Å². The van der Waals surface area contributed by atoms with Gasteiger partial charge in [0.25, 0.3) is 0 Å². The van der Waals surface area contributed by atoms with Gasteiger partial charge in [0.1, 0.15) is 0 Å². The van der Waals surface area contributed by atoms with Crippen LogP contribution in [0.3, 0.4) is 0 Å². The van der Waals surface area contributed by atoms with E-state index in [-0.39, 0.29) is 29.8 Å². The molecule has 1 saturated heterocycles. The maximum Gasteiger partial charge on any atom is 0.234 e. The third-order valence-corrected chi connectivity index (χ3v) is 4.21. The number of rotatable bonds is 5. The second-order valence-electron chi connectivity index (χ2n) is 5.46. The quantitative estimate of drug-likeness (QED) is 0.901. The SMILES string of the molecule is CC1CN(C(=O)CSCC(=O)Nc2ccccc2)CC(C)O1. The van der Waals surface area contributed by atoms with Crippen molar-refractivity contribution in [3.63, 3.8) is 0 Å². The summed E-state index contributed by atoms with van der Waals surface area (Å²) in [4.78, 5) is 25.8. The summed E-state index contributed by atoms with van der Waals surface area (Å²) in [6, 6.07) is 9.31. The van der Waals surface area contributed by atoms with Gasteiger partial charge in [-0.25, -0.2) is 0 Å². The predicted molar refractivity (Wildman–Crippen MR) is 89.0 cm³/mol. The van der Waals surface area contributed by atoms with Crippen LogP contribution in [0.5, 0.6) is 0 Å². The van der Waals surface area contributed by atoms with Crippen molar-refractivity contribution in [3.05, 3.63) is 30.3 Å². The van der Waals surface area contributed by atoms with Crippen molar-refractivity contribution in [2.45, 2.75) is 26.1 Å². The lowest BCUT2D eigenvalue weighted by Gasteiger charge is -2.35. The number of para-hydroxylation sites is 1. The number of amides is 2. The van der Waals surface area contributed by atoms with Crippen molar-refractivity contribution in [1.82, 2.24) is 4.90 Å². The van der Waals surface area contributed by atoms with Crippen molar-refractivity contribution >= 4 is 29.3 Å². The Bertz CT molecular complexity index is 499. The first kappa shape index (κ1) is 16.8. The van der Waals surface area contributed by atoms with Gasteiger partial charge in [-0.1, -0.05) is 18.2 Å². The first-order valence-corrected chi connectivity index (χ1v) is 8.56. The predicted octanol–water partition coefficient (Wildman–Crippen LogP) is 1.99. The fourth-order valence-corrected chi connectivity index (χ4v) is 3.14. The molecule has 1 aliphatic heterocycles. The molecule has 0 saturated carbocycles. The minimum atomic E-state index is -0.0901. The zero-order chi connectivity index (χ0) is 15.9. The summed E-state index contributed by atoms with van der Waals surface area (Å²) in [5, 5.41) is 2.80. The van der Waals surface area contributed by atoms with Gasteiger partial charge < -0.3 is 15.0 Å². The molecule has 1 aliphatic rings. The third-order valence-electron chi connectivity index (χ3n) is 3.29. The van der Waals surface area contributed by atoms with E-state index in [0.717, 1.165) is 5.69 Å². The second kappa shape index (κ2) is 8.19. The molecule has 2 atom stereocenters. The Kier molecular flexibility index (Phi) is 6.27. The summed E-state index contributed by atoms with van der Waals surface area (Å²) in [6.45, 7) is 5.19. The number of anilines is 1. The highest BCUT2D eigenvalue weighted by molar-refractivity contribution is 8.00. The van der Waals surface area contributed by atoms with Crippen LogP contribution >= 0.6 is 11.8 Å². The lowest BCUT2D eigenvalue weighted by atomic mass is 10.2. The molecule has 2 amide bonds. The van der Waals surface area contributed by atoms with E-state index in [1.807, 2.05) is 49.1 Å². The van der Waals surface area contributed by atoms with Crippen molar-refractivity contribution in [2.75, 3.05) is 29.9 Å². The summed E-state index contributed by atoms with van der Waals surface area (Å²) >= 11 is 1.34. The zero-order valence-electron chi connectivity index (χ0n) is 13.0. The van der Waals surface area contributed by atoms with Crippen molar-refractivity contribution in [2.24, 2.45) is 0 Å². The van der Waals surface area contributed by atoms with Gasteiger partial charge in [0.15, 0.2) is 0 Å². The molecule has 0 aromatic heterocycles. The monoisotopic (exact) mass is 322 g/mol. The van der Waals surface area contributed by atoms with Crippen LogP contribution in [-0.4, -0.2) is 53.5 Å². The fourth-order valence-electron chi connectivity index (χ4n) is 2.42. The Morgan fingerprint density at radius 2 is 1.82 bits per heavy atom. The summed E-state index contributed by atoms with van der Waals surface area (Å²) in [6.07, 6.45) is 0.137. The molecule has 0 spiro atoms. The van der Waals surface area contributed by atoms with Gasteiger partial charge in [-0.3, -0.25) is 9.59 Å². The number of thioether (sulfide) groups is 1. The topological polar surface area (TPSA) is 58.6 Å². The molecule has 1 aromatic carbocycles. The van der Waals surface area contributed by atoms with Crippen LogP contribution in [0.25, 0.3) is 0 Å². The van der Waals surface area contributed by atoms with E-state index >= 15 is 0 Å². The Hall–Kier alpha value is -1.53. The normalized spacial score (nSPS) is 21.5. The van der Waals surface area contributed by atoms with Crippen LogP contribution < -0.4 is 5.32 Å². The van der Waals surface area contributed by atoms with Gasteiger partial charge in [0, 0.05) is 18.8 Å². The molecule has 0 bridgehead atoms. The third kappa shape index (κ3) is 5.35. The van der Waals surface area contributed by atoms with Crippen LogP contribution in [0.15, 0.2) is 30.3 Å². The average Bonchev–Trinajstić information content (AvgIpc) is 2.47. The van der Waals surface area contributed by atoms with Crippen LogP contribution in [0.4, 0.5) is 5.69 Å². The molecule has 6 heteroatoms. The average molecular weight is 322 g/mol. The second-order valence-corrected chi connectivity index (χ2v) is 6.45. The van der Waals surface area contributed by atoms with Gasteiger partial charge in [-0.15, -0.1) is 11.8 Å². The van der Waals surface area contributed by atoms with Gasteiger partial charge >= 0.3 is 0 Å². The number of benzene rings is 1. The van der Waals surface area contributed by atoms with E-state index in [9.17, 15) is 9.59 Å². The number of ether oxygens (including phenoxy) is 1. The Morgan fingerprint density at radius 3 is 2.45 bits per heavy atom. The van der Waals surface area contributed by atoms with Gasteiger partial charge in [-0.05, 0) is 26.0 Å². The first-order chi connectivity index (χ1) is 10.5. The van der Waals surface area contributed by atoms with E-state index in [1.165, 1.54) is 11.8 Å². The van der Waals surface area contributed by atoms with Crippen LogP contribution in [0, 0.1) is 0 Å². The van der Waals surface area contributed by atoms with Gasteiger partial charge in [-0.2, -0.15) is 0 Å². The Balaban J connectivity index is 1.69. The fraction of sp³-hybridized carbons (Fsp3) is 0.500. The molecular formula is C16H22N2O3S. The molecule has 1 heterocycles. The van der Waals surface area contributed by atoms with E-state index in [4.69, 9.17) is 4.74 Å². The lowest BCUT2D eigenvalue weighted by Crippen LogP contribution is -2.48. The molecule has 1 fully saturated rings. The maximum absolute atomic E-state index is 12.1. The van der Waals surface area contributed by atoms with Crippen LogP contribution in [0.2, 0.25) is 0 Å². The number of carbonyl (C=O) groups excluding carboxylic acids is 2. The standard InChI is InChI=1S/C16H22N2O3S/c1-12-8-18(9-13(2)21-12)16(20)11-22-10-15(19)17-14-6-4-3-5-7-14/h3-7,12-13H,8-11H2,1-2H3,(H,17,19). The number of hydrogen-bond acceptors (Lipinski definition) is 4. The molecule has 0 radical (unpaired) electrons. The molecule has 120 valence electrons. The zero-order valence-corrected chi connectivity index (χ0v) is 13.8. The van der Waals surface area contributed by atoms with Crippen molar-refractivity contribution in [3.8, 4) is 0 Å². The number of carbonyl (C=O) groups is 2. The van der Waals surface area contributed by atoms with Crippen molar-refractivity contribution in [1.29, 1.82) is 0 Å². The molecule has 5 nitrogen and oxygen atoms in total. The smallest absolute Gasteiger partial charge is 0.234 e. The van der Waals surface area contributed by atoms with E-state index in [1.54, 1.807) is 0 Å². The van der Waals surface area contributed by atoms with Gasteiger partial charge in [0.2, 0.25) is 11.8 Å². The van der Waals surface area contributed by atoms with E-state index in [2.05, 4.69) is 5.32 Å². The maximum atomic E-state index is 12.1. The van der Waals surface area contributed by atoms with Crippen molar-refractivity contribution < 1.29 is 14.3 Å². The molecule has 2 unspecified atom stereocenters. The first-order valence-electron chi connectivity index (χ1n) is 7.40. The summed E-state index contributed by atoms with van der Waals surface area (Å²) in [5.41, 5.74) is 0.773. The van der Waals surface area contributed by atoms with Crippen LogP contribution in [0.1, 0.15) is 13.8 Å². The highest BCUT2D eigenvalue weighted by atomic mass is 32.2. The molecule has 1 aromatic rings. The summed E-state index contributed by atoms with van der Waals surface area (Å²) < 4.78 is 5.61. The Labute approximate surface area is 135 Å². The van der Waals surface area contributed by atoms with E-state index in [0.29, 0.717) is 18.8 Å². The number of nitrogens with one attached hydrogen (secondary N) is 1. The van der Waals surface area contributed by atoms with Crippen LogP contribution in [-0.2, 0) is 14.3 Å². The Morgan fingerprint density at radius 1 is 1.18 bits per heavy atom. The summed E-state index contributed by atoms with van der Waals surface area (Å²) in [5.74, 6) is 0.574. The lowest BCUT2D eigenvalue weighted by molar-refractivity contribution is -0.140. The summed E-state index contributed by atoms with van der Waals surface area (Å²) in [7, 11) is 0. The minimum absolute atomic E-state index is 0.0686. The minimum Gasteiger partial charge on any atom is -0.372 e. The molecule has 1 N–H and O–H groups in total.